The van der Waals surface area contributed by atoms with Crippen LogP contribution in [0.1, 0.15) is 15.9 Å². The predicted molar refractivity (Wildman–Crippen MR) is 120 cm³/mol. The van der Waals surface area contributed by atoms with Crippen molar-refractivity contribution in [2.24, 2.45) is 7.05 Å². The lowest BCUT2D eigenvalue weighted by atomic mass is 10.1. The largest absolute Gasteiger partial charge is 0.465 e. The fourth-order valence-electron chi connectivity index (χ4n) is 3.82. The summed E-state index contributed by atoms with van der Waals surface area (Å²) < 4.78 is 44.9. The molecule has 1 aromatic heterocycles. The Hall–Kier alpha value is -3.47. The van der Waals surface area contributed by atoms with Crippen LogP contribution in [-0.4, -0.2) is 66.8 Å². The van der Waals surface area contributed by atoms with Gasteiger partial charge in [0.1, 0.15) is 5.82 Å². The van der Waals surface area contributed by atoms with E-state index in [0.29, 0.717) is 11.1 Å². The molecule has 9 nitrogen and oxygen atoms in total. The van der Waals surface area contributed by atoms with Crippen LogP contribution in [0.4, 0.5) is 14.9 Å². The number of nitrogens with zero attached hydrogens (tertiary/aromatic N) is 4. The summed E-state index contributed by atoms with van der Waals surface area (Å²) in [6.07, 6.45) is 1.63. The van der Waals surface area contributed by atoms with Crippen LogP contribution in [0.5, 0.6) is 0 Å². The Morgan fingerprint density at radius 1 is 1.18 bits per heavy atom. The number of ether oxygens (including phenoxy) is 1. The second-order valence-corrected chi connectivity index (χ2v) is 10.1. The summed E-state index contributed by atoms with van der Waals surface area (Å²) in [6, 6.07) is 8.88. The van der Waals surface area contributed by atoms with Gasteiger partial charge in [-0.2, -0.15) is 5.10 Å². The summed E-state index contributed by atoms with van der Waals surface area (Å²) in [5.41, 5.74) is 1.57. The van der Waals surface area contributed by atoms with Crippen LogP contribution in [0.15, 0.2) is 42.6 Å². The zero-order valence-electron chi connectivity index (χ0n) is 18.2. The van der Waals surface area contributed by atoms with Gasteiger partial charge >= 0.3 is 12.0 Å². The maximum Gasteiger partial charge on any atom is 0.337 e. The van der Waals surface area contributed by atoms with Gasteiger partial charge in [-0.1, -0.05) is 12.1 Å². The highest BCUT2D eigenvalue weighted by Gasteiger charge is 2.30. The molecule has 0 bridgehead atoms. The number of hydrogen-bond donors (Lipinski definition) is 0. The molecule has 2 aromatic carbocycles. The molecule has 11 heteroatoms. The van der Waals surface area contributed by atoms with Crippen molar-refractivity contribution < 1.29 is 27.1 Å². The number of urea groups is 1. The minimum atomic E-state index is -3.18. The molecule has 1 aliphatic rings. The average Bonchev–Trinajstić information content (AvgIpc) is 3.18. The SMILES string of the molecule is COC(=O)c1ccc(CN(C(=O)N2CCS(=O)(=O)CC2)c2cccc3c2cnn3C)c(F)c1. The van der Waals surface area contributed by atoms with E-state index < -0.39 is 27.7 Å². The van der Waals surface area contributed by atoms with Crippen LogP contribution in [0.3, 0.4) is 0 Å². The van der Waals surface area contributed by atoms with Crippen molar-refractivity contribution in [1.82, 2.24) is 14.7 Å². The van der Waals surface area contributed by atoms with E-state index in [-0.39, 0.29) is 42.3 Å². The zero-order valence-corrected chi connectivity index (χ0v) is 19.0. The zero-order chi connectivity index (χ0) is 23.8. The topological polar surface area (TPSA) is 102 Å². The summed E-state index contributed by atoms with van der Waals surface area (Å²) in [5, 5.41) is 4.95. The number of esters is 1. The molecule has 0 N–H and O–H groups in total. The van der Waals surface area contributed by atoms with Crippen LogP contribution < -0.4 is 4.90 Å². The number of aryl methyl sites for hydroxylation is 1. The molecule has 0 spiro atoms. The smallest absolute Gasteiger partial charge is 0.337 e. The number of methoxy groups -OCH3 is 1. The molecular weight excluding hydrogens is 451 g/mol. The molecule has 0 radical (unpaired) electrons. The lowest BCUT2D eigenvalue weighted by Crippen LogP contribution is -2.49. The molecule has 2 heterocycles. The summed E-state index contributed by atoms with van der Waals surface area (Å²) in [5.74, 6) is -1.56. The normalized spacial score (nSPS) is 15.4. The van der Waals surface area contributed by atoms with E-state index in [0.717, 1.165) is 11.6 Å². The quantitative estimate of drug-likeness (QED) is 0.538. The van der Waals surface area contributed by atoms with Gasteiger partial charge in [0.2, 0.25) is 0 Å². The molecule has 1 aliphatic heterocycles. The molecule has 3 aromatic rings. The van der Waals surface area contributed by atoms with Gasteiger partial charge in [-0.15, -0.1) is 0 Å². The number of benzene rings is 2. The van der Waals surface area contributed by atoms with Crippen LogP contribution in [0.25, 0.3) is 10.9 Å². The highest BCUT2D eigenvalue weighted by molar-refractivity contribution is 7.91. The molecule has 1 saturated heterocycles. The van der Waals surface area contributed by atoms with Crippen molar-refractivity contribution in [3.63, 3.8) is 0 Å². The third-order valence-corrected chi connectivity index (χ3v) is 7.32. The monoisotopic (exact) mass is 474 g/mol. The molecule has 4 rings (SSSR count). The first kappa shape index (κ1) is 22.7. The van der Waals surface area contributed by atoms with E-state index in [4.69, 9.17) is 0 Å². The minimum Gasteiger partial charge on any atom is -0.465 e. The Bertz CT molecular complexity index is 1320. The van der Waals surface area contributed by atoms with Crippen LogP contribution >= 0.6 is 0 Å². The van der Waals surface area contributed by atoms with Crippen molar-refractivity contribution in [1.29, 1.82) is 0 Å². The molecule has 0 aliphatic carbocycles. The second kappa shape index (κ2) is 8.81. The summed E-state index contributed by atoms with van der Waals surface area (Å²) in [7, 11) is -0.194. The minimum absolute atomic E-state index is 0.0600. The van der Waals surface area contributed by atoms with E-state index in [9.17, 15) is 22.4 Å². The number of fused-ring (bicyclic) bond motifs is 1. The van der Waals surface area contributed by atoms with E-state index >= 15 is 0 Å². The van der Waals surface area contributed by atoms with Gasteiger partial charge < -0.3 is 9.64 Å². The average molecular weight is 475 g/mol. The van der Waals surface area contributed by atoms with Gasteiger partial charge in [0.05, 0.1) is 48.1 Å². The van der Waals surface area contributed by atoms with E-state index in [2.05, 4.69) is 9.84 Å². The molecule has 0 atom stereocenters. The van der Waals surface area contributed by atoms with E-state index in [1.165, 1.54) is 29.0 Å². The number of carbonyl (C=O) groups is 2. The van der Waals surface area contributed by atoms with Crippen molar-refractivity contribution in [2.45, 2.75) is 6.54 Å². The van der Waals surface area contributed by atoms with E-state index in [1.807, 2.05) is 6.07 Å². The Kier molecular flexibility index (Phi) is 6.07. The van der Waals surface area contributed by atoms with Gasteiger partial charge in [-0.05, 0) is 24.3 Å². The van der Waals surface area contributed by atoms with Gasteiger partial charge in [0.15, 0.2) is 9.84 Å². The van der Waals surface area contributed by atoms with Crippen LogP contribution in [-0.2, 0) is 28.2 Å². The molecule has 1 fully saturated rings. The number of sulfone groups is 1. The molecule has 33 heavy (non-hydrogen) atoms. The maximum atomic E-state index is 14.9. The number of halogens is 1. The van der Waals surface area contributed by atoms with Crippen LogP contribution in [0.2, 0.25) is 0 Å². The lowest BCUT2D eigenvalue weighted by Gasteiger charge is -2.33. The fourth-order valence-corrected chi connectivity index (χ4v) is 5.02. The Morgan fingerprint density at radius 2 is 1.91 bits per heavy atom. The first-order valence-corrected chi connectivity index (χ1v) is 12.1. The summed E-state index contributed by atoms with van der Waals surface area (Å²) >= 11 is 0. The van der Waals surface area contributed by atoms with Gasteiger partial charge in [0.25, 0.3) is 0 Å². The number of anilines is 1. The standard InChI is InChI=1S/C22H23FN4O5S/c1-25-19-4-3-5-20(17(19)13-24-25)27(22(29)26-8-10-33(30,31)11-9-26)14-16-7-6-15(12-18(16)23)21(28)32-2/h3-7,12-13H,8-11,14H2,1-2H3. The first-order valence-electron chi connectivity index (χ1n) is 10.2. The molecule has 2 amide bonds. The fraction of sp³-hybridized carbons (Fsp3) is 0.318. The summed E-state index contributed by atoms with van der Waals surface area (Å²) in [6.45, 7) is -0.00172. The molecule has 174 valence electrons. The molecular formula is C22H23FN4O5S. The van der Waals surface area contributed by atoms with Gasteiger partial charge in [0, 0.05) is 31.1 Å². The number of amides is 2. The predicted octanol–water partition coefficient (Wildman–Crippen LogP) is 2.36. The number of rotatable bonds is 4. The number of carbonyl (C=O) groups excluding carboxylic acids is 2. The van der Waals surface area contributed by atoms with Gasteiger partial charge in [-0.25, -0.2) is 22.4 Å². The third kappa shape index (κ3) is 4.54. The van der Waals surface area contributed by atoms with Crippen LogP contribution in [0, 0.1) is 5.82 Å². The van der Waals surface area contributed by atoms with Crippen molar-refractivity contribution in [2.75, 3.05) is 36.6 Å². The molecule has 0 saturated carbocycles. The lowest BCUT2D eigenvalue weighted by molar-refractivity contribution is 0.0600. The van der Waals surface area contributed by atoms with Crippen molar-refractivity contribution in [3.8, 4) is 0 Å². The van der Waals surface area contributed by atoms with Gasteiger partial charge in [-0.3, -0.25) is 9.58 Å². The highest BCUT2D eigenvalue weighted by Crippen LogP contribution is 2.29. The second-order valence-electron chi connectivity index (χ2n) is 7.78. The van der Waals surface area contributed by atoms with E-state index in [1.54, 1.807) is 30.1 Å². The Balaban J connectivity index is 1.73. The summed E-state index contributed by atoms with van der Waals surface area (Å²) in [4.78, 5) is 28.1. The number of hydrogen-bond acceptors (Lipinski definition) is 6. The highest BCUT2D eigenvalue weighted by atomic mass is 32.2. The van der Waals surface area contributed by atoms with Crippen molar-refractivity contribution >= 4 is 38.4 Å². The third-order valence-electron chi connectivity index (χ3n) is 5.71. The molecule has 0 unspecified atom stereocenters. The maximum absolute atomic E-state index is 14.9. The first-order chi connectivity index (χ1) is 15.7. The Morgan fingerprint density at radius 3 is 2.58 bits per heavy atom. The number of aromatic nitrogens is 2. The van der Waals surface area contributed by atoms with Crippen molar-refractivity contribution in [3.05, 3.63) is 59.5 Å². The Labute approximate surface area is 190 Å².